The maximum atomic E-state index is 10.2. The van der Waals surface area contributed by atoms with Crippen molar-refractivity contribution in [2.45, 2.75) is 71.1 Å². The third kappa shape index (κ3) is 33.0. The molecule has 21 heavy (non-hydrogen) atoms. The van der Waals surface area contributed by atoms with Crippen LogP contribution in [0.4, 0.5) is 0 Å². The summed E-state index contributed by atoms with van der Waals surface area (Å²) in [5, 5.41) is 0. The fourth-order valence-electron chi connectivity index (χ4n) is 1.75. The fraction of sp³-hybridized carbons (Fsp3) is 1.00. The molecule has 0 radical (unpaired) electrons. The molecule has 0 saturated carbocycles. The van der Waals surface area contributed by atoms with Crippen molar-refractivity contribution in [2.24, 2.45) is 0 Å². The highest BCUT2D eigenvalue weighted by atomic mass is 32.3. The molecule has 7 nitrogen and oxygen atoms in total. The lowest BCUT2D eigenvalue weighted by Crippen LogP contribution is -2.04. The van der Waals surface area contributed by atoms with Crippen LogP contribution in [0.1, 0.15) is 71.1 Å². The summed E-state index contributed by atoms with van der Waals surface area (Å²) in [5.74, 6) is 0. The summed E-state index contributed by atoms with van der Waals surface area (Å²) in [5.41, 5.74) is 0. The van der Waals surface area contributed by atoms with Crippen molar-refractivity contribution in [3.05, 3.63) is 0 Å². The van der Waals surface area contributed by atoms with Gasteiger partial charge in [0.15, 0.2) is 0 Å². The highest BCUT2D eigenvalue weighted by Crippen LogP contribution is 2.10. The van der Waals surface area contributed by atoms with E-state index < -0.39 is 21.8 Å². The van der Waals surface area contributed by atoms with Gasteiger partial charge in [0.1, 0.15) is 0 Å². The summed E-state index contributed by atoms with van der Waals surface area (Å²) < 4.78 is 55.8. The van der Waals surface area contributed by atoms with Gasteiger partial charge in [0.05, 0.1) is 6.61 Å². The van der Waals surface area contributed by atoms with E-state index in [1.807, 2.05) is 0 Å². The Morgan fingerprint density at radius 1 is 0.857 bits per heavy atom. The second-order valence-electron chi connectivity index (χ2n) is 4.66. The first-order valence-corrected chi connectivity index (χ1v) is 9.64. The molecule has 0 aromatic carbocycles. The molecule has 0 bridgehead atoms. The fourth-order valence-corrected chi connectivity index (χ4v) is 2.08. The van der Waals surface area contributed by atoms with E-state index >= 15 is 0 Å². The molecular formula is C12H28O7S2. The molecule has 130 valence electrons. The molecule has 0 aromatic rings. The molecule has 0 aliphatic rings. The first-order valence-electron chi connectivity index (χ1n) is 7.21. The van der Waals surface area contributed by atoms with Crippen molar-refractivity contribution in [2.75, 3.05) is 6.61 Å². The summed E-state index contributed by atoms with van der Waals surface area (Å²) >= 11 is -2.61. The van der Waals surface area contributed by atoms with Gasteiger partial charge in [0.25, 0.3) is 11.4 Å². The van der Waals surface area contributed by atoms with Gasteiger partial charge in [0.2, 0.25) is 0 Å². The van der Waals surface area contributed by atoms with Crippen molar-refractivity contribution < 1.29 is 30.5 Å². The number of rotatable bonds is 12. The standard InChI is InChI=1S/C12H26O4S.H2O3S/c1-2-3-4-5-6-7-8-9-10-11-12-16-17(13,14)15;1-4(2)3/h2-12H2,1H3,(H,13,14,15);(H2,1,2,3). The van der Waals surface area contributed by atoms with Crippen LogP contribution in [0, 0.1) is 0 Å². The van der Waals surface area contributed by atoms with Crippen LogP contribution in [0.5, 0.6) is 0 Å². The average Bonchev–Trinajstić information content (AvgIpc) is 2.34. The Labute approximate surface area is 130 Å². The van der Waals surface area contributed by atoms with Gasteiger partial charge in [-0.3, -0.25) is 13.7 Å². The predicted molar refractivity (Wildman–Crippen MR) is 82.7 cm³/mol. The van der Waals surface area contributed by atoms with Crippen LogP contribution in [0.15, 0.2) is 0 Å². The molecule has 9 heteroatoms. The molecule has 0 spiro atoms. The molecule has 0 unspecified atom stereocenters. The van der Waals surface area contributed by atoms with Crippen molar-refractivity contribution >= 4 is 21.8 Å². The number of hydrogen-bond acceptors (Lipinski definition) is 4. The van der Waals surface area contributed by atoms with Crippen LogP contribution >= 0.6 is 0 Å². The third-order valence-electron chi connectivity index (χ3n) is 2.73. The second-order valence-corrected chi connectivity index (χ2v) is 6.22. The smallest absolute Gasteiger partial charge is 0.284 e. The summed E-state index contributed by atoms with van der Waals surface area (Å²) in [6.07, 6.45) is 11.9. The Kier molecular flexibility index (Phi) is 18.0. The predicted octanol–water partition coefficient (Wildman–Crippen LogP) is 3.41. The lowest BCUT2D eigenvalue weighted by molar-refractivity contribution is 0.261. The van der Waals surface area contributed by atoms with Crippen LogP contribution in [-0.4, -0.2) is 32.9 Å². The highest BCUT2D eigenvalue weighted by Gasteiger charge is 2.02. The number of hydrogen-bond donors (Lipinski definition) is 3. The molecule has 0 heterocycles. The van der Waals surface area contributed by atoms with Crippen molar-refractivity contribution in [3.8, 4) is 0 Å². The van der Waals surface area contributed by atoms with E-state index in [2.05, 4.69) is 11.1 Å². The monoisotopic (exact) mass is 348 g/mol. The average molecular weight is 348 g/mol. The van der Waals surface area contributed by atoms with E-state index in [9.17, 15) is 8.42 Å². The minimum atomic E-state index is -4.23. The zero-order chi connectivity index (χ0) is 16.6. The topological polar surface area (TPSA) is 121 Å². The molecule has 0 atom stereocenters. The quantitative estimate of drug-likeness (QED) is 0.281. The van der Waals surface area contributed by atoms with Gasteiger partial charge in [-0.2, -0.15) is 12.6 Å². The maximum Gasteiger partial charge on any atom is 0.397 e. The zero-order valence-electron chi connectivity index (χ0n) is 12.6. The summed E-state index contributed by atoms with van der Waals surface area (Å²) in [6, 6.07) is 0. The zero-order valence-corrected chi connectivity index (χ0v) is 14.2. The van der Waals surface area contributed by atoms with Crippen LogP contribution < -0.4 is 0 Å². The van der Waals surface area contributed by atoms with Crippen LogP contribution in [0.2, 0.25) is 0 Å². The Morgan fingerprint density at radius 2 is 1.19 bits per heavy atom. The van der Waals surface area contributed by atoms with Crippen LogP contribution in [0.3, 0.4) is 0 Å². The van der Waals surface area contributed by atoms with Gasteiger partial charge in [-0.05, 0) is 6.42 Å². The van der Waals surface area contributed by atoms with E-state index in [1.165, 1.54) is 44.9 Å². The maximum absolute atomic E-state index is 10.2. The molecule has 0 saturated heterocycles. The summed E-state index contributed by atoms with van der Waals surface area (Å²) in [6.45, 7) is 2.31. The molecule has 0 aliphatic carbocycles. The molecule has 0 amide bonds. The van der Waals surface area contributed by atoms with Crippen molar-refractivity contribution in [1.82, 2.24) is 0 Å². The molecule has 0 aromatic heterocycles. The van der Waals surface area contributed by atoms with Crippen LogP contribution in [-0.2, 0) is 25.9 Å². The minimum absolute atomic E-state index is 0.0926. The molecule has 0 aliphatic heterocycles. The first kappa shape index (κ1) is 23.2. The SMILES string of the molecule is CCCCCCCCCCCCOS(=O)(=O)O.O=S(O)O. The first-order chi connectivity index (χ1) is 9.79. The molecular weight excluding hydrogens is 320 g/mol. The van der Waals surface area contributed by atoms with Gasteiger partial charge in [-0.1, -0.05) is 64.7 Å². The lowest BCUT2D eigenvalue weighted by atomic mass is 10.1. The normalized spacial score (nSPS) is 11.3. The van der Waals surface area contributed by atoms with E-state index in [4.69, 9.17) is 17.9 Å². The summed E-state index contributed by atoms with van der Waals surface area (Å²) in [4.78, 5) is 0. The lowest BCUT2D eigenvalue weighted by Gasteiger charge is -2.02. The van der Waals surface area contributed by atoms with E-state index in [0.717, 1.165) is 12.8 Å². The molecule has 3 N–H and O–H groups in total. The Balaban J connectivity index is 0. The van der Waals surface area contributed by atoms with Gasteiger partial charge in [-0.15, -0.1) is 0 Å². The Morgan fingerprint density at radius 3 is 1.52 bits per heavy atom. The highest BCUT2D eigenvalue weighted by molar-refractivity contribution is 7.80. The number of unbranched alkanes of at least 4 members (excludes halogenated alkanes) is 9. The van der Waals surface area contributed by atoms with E-state index in [1.54, 1.807) is 0 Å². The Bertz CT molecular complexity index is 326. The van der Waals surface area contributed by atoms with Gasteiger partial charge < -0.3 is 0 Å². The summed E-state index contributed by atoms with van der Waals surface area (Å²) in [7, 11) is -4.23. The van der Waals surface area contributed by atoms with E-state index in [0.29, 0.717) is 6.42 Å². The minimum Gasteiger partial charge on any atom is -0.284 e. The molecule has 0 fully saturated rings. The van der Waals surface area contributed by atoms with Crippen molar-refractivity contribution in [3.63, 3.8) is 0 Å². The van der Waals surface area contributed by atoms with Crippen molar-refractivity contribution in [1.29, 1.82) is 0 Å². The molecule has 0 rings (SSSR count). The van der Waals surface area contributed by atoms with Crippen LogP contribution in [0.25, 0.3) is 0 Å². The van der Waals surface area contributed by atoms with Gasteiger partial charge in [0, 0.05) is 0 Å². The largest absolute Gasteiger partial charge is 0.397 e. The third-order valence-corrected chi connectivity index (χ3v) is 3.19. The Hall–Kier alpha value is -0.0600. The second kappa shape index (κ2) is 16.3. The van der Waals surface area contributed by atoms with E-state index in [-0.39, 0.29) is 6.61 Å². The van der Waals surface area contributed by atoms with Gasteiger partial charge in [-0.25, -0.2) is 4.18 Å². The van der Waals surface area contributed by atoms with Gasteiger partial charge >= 0.3 is 10.4 Å².